The SMILES string of the molecule is CC(C)c1ccc(CNc2cc(F)cc(F)c2F)cc1. The van der Waals surface area contributed by atoms with Gasteiger partial charge in [0.05, 0.1) is 5.69 Å². The molecule has 0 unspecified atom stereocenters. The quantitative estimate of drug-likeness (QED) is 0.790. The van der Waals surface area contributed by atoms with Crippen molar-refractivity contribution in [3.8, 4) is 0 Å². The fraction of sp³-hybridized carbons (Fsp3) is 0.250. The first kappa shape index (κ1) is 14.4. The predicted molar refractivity (Wildman–Crippen MR) is 74.2 cm³/mol. The summed E-state index contributed by atoms with van der Waals surface area (Å²) >= 11 is 0. The maximum absolute atomic E-state index is 13.5. The van der Waals surface area contributed by atoms with Crippen LogP contribution in [0.4, 0.5) is 18.9 Å². The number of nitrogens with one attached hydrogen (secondary N) is 1. The molecule has 20 heavy (non-hydrogen) atoms. The van der Waals surface area contributed by atoms with E-state index in [9.17, 15) is 13.2 Å². The smallest absolute Gasteiger partial charge is 0.182 e. The summed E-state index contributed by atoms with van der Waals surface area (Å²) < 4.78 is 39.5. The fourth-order valence-corrected chi connectivity index (χ4v) is 1.90. The summed E-state index contributed by atoms with van der Waals surface area (Å²) in [4.78, 5) is 0. The molecule has 1 N–H and O–H groups in total. The monoisotopic (exact) mass is 279 g/mol. The van der Waals surface area contributed by atoms with Gasteiger partial charge in [-0.05, 0) is 17.0 Å². The number of anilines is 1. The van der Waals surface area contributed by atoms with Crippen LogP contribution in [0.5, 0.6) is 0 Å². The molecule has 0 fully saturated rings. The average molecular weight is 279 g/mol. The number of benzene rings is 2. The Bertz CT molecular complexity index is 591. The summed E-state index contributed by atoms with van der Waals surface area (Å²) in [6.45, 7) is 4.49. The van der Waals surface area contributed by atoms with E-state index >= 15 is 0 Å². The summed E-state index contributed by atoms with van der Waals surface area (Å²) in [5.74, 6) is -2.62. The minimum Gasteiger partial charge on any atom is -0.378 e. The molecule has 0 amide bonds. The highest BCUT2D eigenvalue weighted by Crippen LogP contribution is 2.20. The molecule has 0 spiro atoms. The van der Waals surface area contributed by atoms with Crippen molar-refractivity contribution in [2.75, 3.05) is 5.32 Å². The van der Waals surface area contributed by atoms with Crippen LogP contribution in [0, 0.1) is 17.5 Å². The summed E-state index contributed by atoms with van der Waals surface area (Å²) in [5, 5.41) is 2.70. The van der Waals surface area contributed by atoms with Crippen molar-refractivity contribution in [1.82, 2.24) is 0 Å². The van der Waals surface area contributed by atoms with Crippen molar-refractivity contribution in [3.63, 3.8) is 0 Å². The molecule has 0 radical (unpaired) electrons. The standard InChI is InChI=1S/C16H16F3N/c1-10(2)12-5-3-11(4-6-12)9-20-15-8-13(17)7-14(18)16(15)19/h3-8,10,20H,9H2,1-2H3. The van der Waals surface area contributed by atoms with Gasteiger partial charge in [-0.25, -0.2) is 13.2 Å². The minimum atomic E-state index is -1.19. The van der Waals surface area contributed by atoms with E-state index in [1.807, 2.05) is 24.3 Å². The molecule has 106 valence electrons. The van der Waals surface area contributed by atoms with Crippen LogP contribution in [0.2, 0.25) is 0 Å². The molecular weight excluding hydrogens is 263 g/mol. The molecule has 0 saturated heterocycles. The Kier molecular flexibility index (Phi) is 4.32. The number of hydrogen-bond donors (Lipinski definition) is 1. The fourth-order valence-electron chi connectivity index (χ4n) is 1.90. The summed E-state index contributed by atoms with van der Waals surface area (Å²) in [6.07, 6.45) is 0. The second kappa shape index (κ2) is 5.99. The molecule has 2 aromatic rings. The van der Waals surface area contributed by atoms with Gasteiger partial charge in [0, 0.05) is 18.7 Å². The second-order valence-corrected chi connectivity index (χ2v) is 5.00. The van der Waals surface area contributed by atoms with E-state index in [0.29, 0.717) is 18.5 Å². The molecule has 4 heteroatoms. The van der Waals surface area contributed by atoms with Gasteiger partial charge in [-0.3, -0.25) is 0 Å². The van der Waals surface area contributed by atoms with Crippen LogP contribution in [0.25, 0.3) is 0 Å². The summed E-state index contributed by atoms with van der Waals surface area (Å²) in [5.41, 5.74) is 1.95. The summed E-state index contributed by atoms with van der Waals surface area (Å²) in [6, 6.07) is 9.28. The summed E-state index contributed by atoms with van der Waals surface area (Å²) in [7, 11) is 0. The van der Waals surface area contributed by atoms with Crippen LogP contribution in [-0.2, 0) is 6.54 Å². The third-order valence-electron chi connectivity index (χ3n) is 3.12. The predicted octanol–water partition coefficient (Wildman–Crippen LogP) is 4.84. The van der Waals surface area contributed by atoms with Gasteiger partial charge in [0.2, 0.25) is 0 Å². The molecule has 2 rings (SSSR count). The first-order valence-corrected chi connectivity index (χ1v) is 6.44. The Balaban J connectivity index is 2.09. The van der Waals surface area contributed by atoms with Gasteiger partial charge in [-0.2, -0.15) is 0 Å². The molecule has 0 aliphatic rings. The molecular formula is C16H16F3N. The van der Waals surface area contributed by atoms with E-state index in [2.05, 4.69) is 19.2 Å². The topological polar surface area (TPSA) is 12.0 Å². The molecule has 0 aliphatic heterocycles. The molecule has 1 nitrogen and oxygen atoms in total. The molecule has 0 bridgehead atoms. The van der Waals surface area contributed by atoms with Gasteiger partial charge in [-0.15, -0.1) is 0 Å². The van der Waals surface area contributed by atoms with Crippen LogP contribution in [0.3, 0.4) is 0 Å². The van der Waals surface area contributed by atoms with Crippen molar-refractivity contribution in [2.45, 2.75) is 26.3 Å². The molecule has 0 aromatic heterocycles. The lowest BCUT2D eigenvalue weighted by molar-refractivity contribution is 0.497. The van der Waals surface area contributed by atoms with Gasteiger partial charge in [-0.1, -0.05) is 38.1 Å². The van der Waals surface area contributed by atoms with Crippen molar-refractivity contribution in [1.29, 1.82) is 0 Å². The van der Waals surface area contributed by atoms with E-state index in [-0.39, 0.29) is 5.69 Å². The molecule has 0 saturated carbocycles. The zero-order chi connectivity index (χ0) is 14.7. The van der Waals surface area contributed by atoms with Crippen molar-refractivity contribution in [2.24, 2.45) is 0 Å². The molecule has 0 heterocycles. The highest BCUT2D eigenvalue weighted by molar-refractivity contribution is 5.46. The highest BCUT2D eigenvalue weighted by Gasteiger charge is 2.10. The van der Waals surface area contributed by atoms with E-state index in [0.717, 1.165) is 11.6 Å². The number of halogens is 3. The lowest BCUT2D eigenvalue weighted by Crippen LogP contribution is -2.04. The maximum atomic E-state index is 13.5. The minimum absolute atomic E-state index is 0.171. The van der Waals surface area contributed by atoms with Crippen LogP contribution in [0.1, 0.15) is 30.9 Å². The van der Waals surface area contributed by atoms with Crippen LogP contribution >= 0.6 is 0 Å². The maximum Gasteiger partial charge on any atom is 0.182 e. The van der Waals surface area contributed by atoms with Gasteiger partial charge in [0.25, 0.3) is 0 Å². The Labute approximate surface area is 116 Å². The van der Waals surface area contributed by atoms with E-state index < -0.39 is 17.5 Å². The van der Waals surface area contributed by atoms with Crippen molar-refractivity contribution in [3.05, 3.63) is 65.0 Å². The first-order chi connectivity index (χ1) is 9.47. The zero-order valence-electron chi connectivity index (χ0n) is 11.4. The normalized spacial score (nSPS) is 10.9. The van der Waals surface area contributed by atoms with E-state index in [1.54, 1.807) is 0 Å². The first-order valence-electron chi connectivity index (χ1n) is 6.44. The molecule has 0 atom stereocenters. The van der Waals surface area contributed by atoms with Gasteiger partial charge < -0.3 is 5.32 Å². The van der Waals surface area contributed by atoms with Gasteiger partial charge in [0.15, 0.2) is 11.6 Å². The van der Waals surface area contributed by atoms with Crippen LogP contribution in [0.15, 0.2) is 36.4 Å². The Morgan fingerprint density at radius 2 is 1.65 bits per heavy atom. The lowest BCUT2D eigenvalue weighted by atomic mass is 10.0. The number of hydrogen-bond acceptors (Lipinski definition) is 1. The zero-order valence-corrected chi connectivity index (χ0v) is 11.4. The van der Waals surface area contributed by atoms with Crippen LogP contribution < -0.4 is 5.32 Å². The van der Waals surface area contributed by atoms with Crippen LogP contribution in [-0.4, -0.2) is 0 Å². The Hall–Kier alpha value is -1.97. The van der Waals surface area contributed by atoms with E-state index in [1.165, 1.54) is 5.56 Å². The second-order valence-electron chi connectivity index (χ2n) is 5.00. The van der Waals surface area contributed by atoms with Gasteiger partial charge in [0.1, 0.15) is 5.82 Å². The van der Waals surface area contributed by atoms with Crippen molar-refractivity contribution >= 4 is 5.69 Å². The van der Waals surface area contributed by atoms with E-state index in [4.69, 9.17) is 0 Å². The Morgan fingerprint density at radius 1 is 1.00 bits per heavy atom. The number of rotatable bonds is 4. The highest BCUT2D eigenvalue weighted by atomic mass is 19.2. The largest absolute Gasteiger partial charge is 0.378 e. The van der Waals surface area contributed by atoms with Crippen molar-refractivity contribution < 1.29 is 13.2 Å². The van der Waals surface area contributed by atoms with Gasteiger partial charge >= 0.3 is 0 Å². The Morgan fingerprint density at radius 3 is 2.25 bits per heavy atom. The molecule has 2 aromatic carbocycles. The molecule has 0 aliphatic carbocycles. The third kappa shape index (κ3) is 3.32. The average Bonchev–Trinajstić information content (AvgIpc) is 2.41. The lowest BCUT2D eigenvalue weighted by Gasteiger charge is -2.10. The third-order valence-corrected chi connectivity index (χ3v) is 3.12.